The van der Waals surface area contributed by atoms with Gasteiger partial charge >= 0.3 is 0 Å². The minimum atomic E-state index is -0.195. The van der Waals surface area contributed by atoms with Crippen LogP contribution in [0.1, 0.15) is 25.0 Å². The van der Waals surface area contributed by atoms with E-state index in [4.69, 9.17) is 14.9 Å². The van der Waals surface area contributed by atoms with Gasteiger partial charge in [0.15, 0.2) is 0 Å². The van der Waals surface area contributed by atoms with Crippen molar-refractivity contribution in [3.05, 3.63) is 24.2 Å². The number of nitrogens with two attached hydrogens (primary N) is 1. The Labute approximate surface area is 89.6 Å². The van der Waals surface area contributed by atoms with Gasteiger partial charge in [0.2, 0.25) is 0 Å². The van der Waals surface area contributed by atoms with Crippen LogP contribution in [0.3, 0.4) is 0 Å². The summed E-state index contributed by atoms with van der Waals surface area (Å²) in [6.07, 6.45) is 6.28. The Morgan fingerprint density at radius 3 is 3.00 bits per heavy atom. The average Bonchev–Trinajstić information content (AvgIpc) is 2.79. The van der Waals surface area contributed by atoms with Crippen molar-refractivity contribution in [2.75, 3.05) is 6.61 Å². The van der Waals surface area contributed by atoms with Crippen molar-refractivity contribution in [3.8, 4) is 0 Å². The zero-order chi connectivity index (χ0) is 10.3. The van der Waals surface area contributed by atoms with Gasteiger partial charge in [-0.2, -0.15) is 0 Å². The van der Waals surface area contributed by atoms with E-state index in [-0.39, 0.29) is 11.6 Å². The molecule has 2 unspecified atom stereocenters. The lowest BCUT2D eigenvalue weighted by atomic mass is 9.85. The molecule has 15 heavy (non-hydrogen) atoms. The lowest BCUT2D eigenvalue weighted by molar-refractivity contribution is 0.0612. The van der Waals surface area contributed by atoms with Gasteiger partial charge in [-0.3, -0.25) is 0 Å². The molecule has 3 nitrogen and oxygen atoms in total. The average molecular weight is 207 g/mol. The molecule has 0 bridgehead atoms. The first-order chi connectivity index (χ1) is 7.28. The van der Waals surface area contributed by atoms with Crippen LogP contribution in [-0.4, -0.2) is 18.2 Å². The minimum Gasteiger partial charge on any atom is -0.469 e. The largest absolute Gasteiger partial charge is 0.469 e. The summed E-state index contributed by atoms with van der Waals surface area (Å²) in [6.45, 7) is 0.804. The standard InChI is InChI=1S/C12H17NO2/c13-12(8-10-2-1-6-14-10)5-7-15-11(12)9-3-4-9/h1-2,6,9,11H,3-5,7-8,13H2. The summed E-state index contributed by atoms with van der Waals surface area (Å²) in [6, 6.07) is 3.91. The van der Waals surface area contributed by atoms with Gasteiger partial charge in [0.1, 0.15) is 5.76 Å². The molecule has 3 heteroatoms. The van der Waals surface area contributed by atoms with Crippen molar-refractivity contribution in [2.24, 2.45) is 11.7 Å². The maximum absolute atomic E-state index is 6.45. The molecule has 2 aliphatic rings. The SMILES string of the molecule is NC1(Cc2ccco2)CCOC1C1CC1. The minimum absolute atomic E-state index is 0.195. The number of hydrogen-bond acceptors (Lipinski definition) is 3. The van der Waals surface area contributed by atoms with E-state index in [1.807, 2.05) is 12.1 Å². The maximum atomic E-state index is 6.45. The fraction of sp³-hybridized carbons (Fsp3) is 0.667. The van der Waals surface area contributed by atoms with E-state index in [0.717, 1.165) is 25.2 Å². The number of hydrogen-bond donors (Lipinski definition) is 1. The molecule has 1 aliphatic heterocycles. The highest BCUT2D eigenvalue weighted by atomic mass is 16.5. The summed E-state index contributed by atoms with van der Waals surface area (Å²) < 4.78 is 11.1. The summed E-state index contributed by atoms with van der Waals surface area (Å²) in [4.78, 5) is 0. The summed E-state index contributed by atoms with van der Waals surface area (Å²) in [5.41, 5.74) is 6.26. The molecule has 3 rings (SSSR count). The van der Waals surface area contributed by atoms with Gasteiger partial charge in [0.25, 0.3) is 0 Å². The summed E-state index contributed by atoms with van der Waals surface area (Å²) in [7, 11) is 0. The Morgan fingerprint density at radius 1 is 1.47 bits per heavy atom. The van der Waals surface area contributed by atoms with Crippen LogP contribution in [0.25, 0.3) is 0 Å². The van der Waals surface area contributed by atoms with E-state index in [0.29, 0.717) is 5.92 Å². The molecule has 0 amide bonds. The molecule has 2 atom stereocenters. The Kier molecular flexibility index (Phi) is 2.11. The van der Waals surface area contributed by atoms with Gasteiger partial charge in [0.05, 0.1) is 17.9 Å². The molecule has 1 saturated heterocycles. The van der Waals surface area contributed by atoms with Crippen molar-refractivity contribution >= 4 is 0 Å². The lowest BCUT2D eigenvalue weighted by Gasteiger charge is -2.29. The monoisotopic (exact) mass is 207 g/mol. The Bertz CT molecular complexity index is 331. The quantitative estimate of drug-likeness (QED) is 0.821. The molecule has 1 aromatic rings. The molecular weight excluding hydrogens is 190 g/mol. The zero-order valence-electron chi connectivity index (χ0n) is 8.82. The van der Waals surface area contributed by atoms with E-state index in [1.54, 1.807) is 6.26 Å². The lowest BCUT2D eigenvalue weighted by Crippen LogP contribution is -2.50. The van der Waals surface area contributed by atoms with E-state index >= 15 is 0 Å². The van der Waals surface area contributed by atoms with Gasteiger partial charge in [-0.05, 0) is 37.3 Å². The third kappa shape index (κ3) is 1.70. The summed E-state index contributed by atoms with van der Waals surface area (Å²) in [5, 5.41) is 0. The molecule has 82 valence electrons. The van der Waals surface area contributed by atoms with Crippen molar-refractivity contribution in [3.63, 3.8) is 0 Å². The Morgan fingerprint density at radius 2 is 2.33 bits per heavy atom. The second-order valence-electron chi connectivity index (χ2n) is 4.87. The second-order valence-corrected chi connectivity index (χ2v) is 4.87. The van der Waals surface area contributed by atoms with Crippen molar-refractivity contribution in [2.45, 2.75) is 37.3 Å². The van der Waals surface area contributed by atoms with Crippen LogP contribution in [-0.2, 0) is 11.2 Å². The van der Waals surface area contributed by atoms with Crippen LogP contribution in [0.15, 0.2) is 22.8 Å². The normalized spacial score (nSPS) is 35.9. The fourth-order valence-corrected chi connectivity index (χ4v) is 2.62. The third-order valence-electron chi connectivity index (χ3n) is 3.57. The van der Waals surface area contributed by atoms with Gasteiger partial charge < -0.3 is 14.9 Å². The van der Waals surface area contributed by atoms with E-state index < -0.39 is 0 Å². The van der Waals surface area contributed by atoms with E-state index in [9.17, 15) is 0 Å². The highest BCUT2D eigenvalue weighted by Gasteiger charge is 2.48. The molecule has 1 aliphatic carbocycles. The molecule has 2 fully saturated rings. The van der Waals surface area contributed by atoms with Crippen molar-refractivity contribution in [1.29, 1.82) is 0 Å². The number of ether oxygens (including phenoxy) is 1. The highest BCUT2D eigenvalue weighted by Crippen LogP contribution is 2.43. The van der Waals surface area contributed by atoms with Crippen LogP contribution in [0.4, 0.5) is 0 Å². The molecule has 1 aromatic heterocycles. The molecule has 0 spiro atoms. The summed E-state index contributed by atoms with van der Waals surface area (Å²) in [5.74, 6) is 1.68. The molecule has 0 aromatic carbocycles. The van der Waals surface area contributed by atoms with E-state index in [1.165, 1.54) is 12.8 Å². The zero-order valence-corrected chi connectivity index (χ0v) is 8.82. The van der Waals surface area contributed by atoms with Crippen LogP contribution in [0.2, 0.25) is 0 Å². The van der Waals surface area contributed by atoms with Gasteiger partial charge in [-0.1, -0.05) is 0 Å². The highest BCUT2D eigenvalue weighted by molar-refractivity contribution is 5.11. The second kappa shape index (κ2) is 3.35. The fourth-order valence-electron chi connectivity index (χ4n) is 2.62. The van der Waals surface area contributed by atoms with Crippen molar-refractivity contribution in [1.82, 2.24) is 0 Å². The first-order valence-electron chi connectivity index (χ1n) is 5.71. The van der Waals surface area contributed by atoms with Gasteiger partial charge in [0, 0.05) is 13.0 Å². The first kappa shape index (κ1) is 9.43. The van der Waals surface area contributed by atoms with Crippen LogP contribution in [0.5, 0.6) is 0 Å². The predicted octanol–water partition coefficient (Wildman–Crippen LogP) is 1.72. The number of furan rings is 1. The topological polar surface area (TPSA) is 48.4 Å². The smallest absolute Gasteiger partial charge is 0.105 e. The van der Waals surface area contributed by atoms with Crippen LogP contribution in [0, 0.1) is 5.92 Å². The molecule has 2 heterocycles. The Balaban J connectivity index is 1.76. The van der Waals surface area contributed by atoms with Gasteiger partial charge in [-0.15, -0.1) is 0 Å². The van der Waals surface area contributed by atoms with Crippen LogP contribution >= 0.6 is 0 Å². The predicted molar refractivity (Wildman–Crippen MR) is 56.4 cm³/mol. The molecule has 2 N–H and O–H groups in total. The first-order valence-corrected chi connectivity index (χ1v) is 5.71. The summed E-state index contributed by atoms with van der Waals surface area (Å²) >= 11 is 0. The molecule has 1 saturated carbocycles. The van der Waals surface area contributed by atoms with Crippen molar-refractivity contribution < 1.29 is 9.15 Å². The number of rotatable bonds is 3. The van der Waals surface area contributed by atoms with Crippen LogP contribution < -0.4 is 5.73 Å². The Hall–Kier alpha value is -0.800. The maximum Gasteiger partial charge on any atom is 0.105 e. The third-order valence-corrected chi connectivity index (χ3v) is 3.57. The van der Waals surface area contributed by atoms with Gasteiger partial charge in [-0.25, -0.2) is 0 Å². The van der Waals surface area contributed by atoms with E-state index in [2.05, 4.69) is 0 Å². The molecule has 0 radical (unpaired) electrons. The molecular formula is C12H17NO2.